The van der Waals surface area contributed by atoms with Crippen molar-refractivity contribution in [3.05, 3.63) is 108 Å². The Bertz CT molecular complexity index is 1880. The molecule has 0 aliphatic carbocycles. The first-order chi connectivity index (χ1) is 20.6. The average Bonchev–Trinajstić information content (AvgIpc) is 3.34. The van der Waals surface area contributed by atoms with Crippen molar-refractivity contribution in [2.24, 2.45) is 0 Å². The van der Waals surface area contributed by atoms with Crippen molar-refractivity contribution in [3.8, 4) is 22.5 Å². The first-order valence-corrected chi connectivity index (χ1v) is 20.3. The number of aryl methyl sites for hydroxylation is 1. The van der Waals surface area contributed by atoms with Crippen LogP contribution in [0.25, 0.3) is 44.6 Å². The minimum atomic E-state index is -2.08. The Morgan fingerprint density at radius 1 is 0.927 bits per heavy atom. The van der Waals surface area contributed by atoms with Crippen LogP contribution in [0.5, 0.6) is 0 Å². The van der Waals surface area contributed by atoms with E-state index in [0.29, 0.717) is 33.5 Å². The van der Waals surface area contributed by atoms with Crippen LogP contribution < -0.4 is 4.40 Å². The van der Waals surface area contributed by atoms with E-state index < -0.39 is 31.8 Å². The largest absolute Gasteiger partial charge is 0 e. The van der Waals surface area contributed by atoms with Gasteiger partial charge in [-0.2, -0.15) is 0 Å². The third-order valence-electron chi connectivity index (χ3n) is 6.57. The molecule has 4 heterocycles. The predicted molar refractivity (Wildman–Crippen MR) is 164 cm³/mol. The smallest absolute Gasteiger partial charge is 0 e. The number of benzene rings is 2. The second-order valence-electron chi connectivity index (χ2n) is 10.8. The molecule has 4 nitrogen and oxygen atoms in total. The summed E-state index contributed by atoms with van der Waals surface area (Å²) in [4.78, 5) is 12.9. The molecule has 211 valence electrons. The Balaban J connectivity index is 0.000000204. The molecule has 0 aliphatic rings. The zero-order chi connectivity index (χ0) is 31.9. The number of aromatic nitrogens is 3. The molecule has 6 rings (SSSR count). The molecule has 0 amide bonds. The molecule has 0 saturated carbocycles. The maximum absolute atomic E-state index is 13.5. The molecule has 2 aromatic carbocycles. The summed E-state index contributed by atoms with van der Waals surface area (Å²) < 4.78 is 50.9. The summed E-state index contributed by atoms with van der Waals surface area (Å²) in [5, 5.41) is 1.39. The summed E-state index contributed by atoms with van der Waals surface area (Å²) in [5.41, 5.74) is 5.10. The standard InChI is InChI=1S/C19H14FN2O.C15H18GeN.Ir/c1-11(2)12-6-7-21-17(8-12)15-5-3-4-14-16-9-13(20)10-22-19(16)23-18(14)15;1-12-5-7-13(8-6-12)15-10-9-14(11-17-15)16(2,3)4;/h3-4,6-11H,1-2H3;5-7,9-11H,1-4H3;/q2*-1;/i11D;1D3;. The molecular formula is C34H32FGeIrN3O-2. The van der Waals surface area contributed by atoms with E-state index in [-0.39, 0.29) is 20.1 Å². The topological polar surface area (TPSA) is 51.8 Å². The molecule has 4 aromatic heterocycles. The van der Waals surface area contributed by atoms with Crippen molar-refractivity contribution in [3.63, 3.8) is 0 Å². The fourth-order valence-corrected chi connectivity index (χ4v) is 6.42. The van der Waals surface area contributed by atoms with Gasteiger partial charge in [-0.1, -0.05) is 36.4 Å². The number of fused-ring (bicyclic) bond motifs is 3. The van der Waals surface area contributed by atoms with Gasteiger partial charge in [-0.25, -0.2) is 9.37 Å². The van der Waals surface area contributed by atoms with Crippen LogP contribution in [-0.4, -0.2) is 28.2 Å². The molecule has 7 heteroatoms. The molecule has 0 N–H and O–H groups in total. The van der Waals surface area contributed by atoms with E-state index in [1.165, 1.54) is 16.5 Å². The third-order valence-corrected chi connectivity index (χ3v) is 10.8. The molecule has 0 unspecified atom stereocenters. The van der Waals surface area contributed by atoms with Gasteiger partial charge < -0.3 is 9.40 Å². The second kappa shape index (κ2) is 12.8. The summed E-state index contributed by atoms with van der Waals surface area (Å²) >= 11 is -1.83. The van der Waals surface area contributed by atoms with Gasteiger partial charge in [0.15, 0.2) is 0 Å². The summed E-state index contributed by atoms with van der Waals surface area (Å²) in [6.07, 6.45) is 4.75. The van der Waals surface area contributed by atoms with Gasteiger partial charge in [0.2, 0.25) is 5.71 Å². The number of pyridine rings is 3. The molecule has 0 spiro atoms. The molecule has 0 aliphatic heterocycles. The minimum absolute atomic E-state index is 0. The summed E-state index contributed by atoms with van der Waals surface area (Å²) in [7, 11) is 0. The maximum atomic E-state index is 13.5. The van der Waals surface area contributed by atoms with Gasteiger partial charge in [0.25, 0.3) is 0 Å². The van der Waals surface area contributed by atoms with E-state index in [1.54, 1.807) is 24.4 Å². The van der Waals surface area contributed by atoms with E-state index >= 15 is 0 Å². The van der Waals surface area contributed by atoms with Gasteiger partial charge in [-0.3, -0.25) is 0 Å². The van der Waals surface area contributed by atoms with Crippen LogP contribution in [0, 0.1) is 24.8 Å². The van der Waals surface area contributed by atoms with Gasteiger partial charge in [0.1, 0.15) is 5.82 Å². The molecule has 0 atom stereocenters. The van der Waals surface area contributed by atoms with Crippen molar-refractivity contribution < 1.29 is 34.4 Å². The summed E-state index contributed by atoms with van der Waals surface area (Å²) in [6, 6.07) is 23.9. The van der Waals surface area contributed by atoms with Crippen LogP contribution in [0.2, 0.25) is 17.3 Å². The molecule has 6 aromatic rings. The monoisotopic (exact) mass is 788 g/mol. The number of rotatable bonds is 4. The van der Waals surface area contributed by atoms with E-state index in [1.807, 2.05) is 44.3 Å². The van der Waals surface area contributed by atoms with Crippen LogP contribution in [-0.2, 0) is 20.1 Å². The molecular weight excluding hydrogens is 750 g/mol. The minimum Gasteiger partial charge on any atom is 0 e. The first-order valence-electron chi connectivity index (χ1n) is 15.0. The number of nitrogens with zero attached hydrogens (tertiary/aromatic N) is 3. The van der Waals surface area contributed by atoms with Gasteiger partial charge in [0, 0.05) is 33.1 Å². The fraction of sp³-hybridized carbons (Fsp3) is 0.206. The van der Waals surface area contributed by atoms with Crippen molar-refractivity contribution in [1.82, 2.24) is 15.0 Å². The van der Waals surface area contributed by atoms with E-state index in [0.717, 1.165) is 28.4 Å². The molecule has 0 fully saturated rings. The first kappa shape index (κ1) is 25.5. The van der Waals surface area contributed by atoms with Crippen molar-refractivity contribution in [2.75, 3.05) is 0 Å². The molecule has 0 bridgehead atoms. The zero-order valence-corrected chi connectivity index (χ0v) is 28.0. The Hall–Kier alpha value is -3.19. The van der Waals surface area contributed by atoms with Crippen LogP contribution in [0.3, 0.4) is 0 Å². The number of hydrogen-bond acceptors (Lipinski definition) is 4. The number of hydrogen-bond donors (Lipinski definition) is 0. The van der Waals surface area contributed by atoms with Crippen molar-refractivity contribution in [1.29, 1.82) is 0 Å². The van der Waals surface area contributed by atoms with Crippen molar-refractivity contribution in [2.45, 2.75) is 43.9 Å². The predicted octanol–water partition coefficient (Wildman–Crippen LogP) is 8.51. The Morgan fingerprint density at radius 2 is 1.76 bits per heavy atom. The maximum Gasteiger partial charge on any atom is 0 e. The Kier molecular flexibility index (Phi) is 7.95. The fourth-order valence-electron chi connectivity index (χ4n) is 4.25. The van der Waals surface area contributed by atoms with E-state index in [4.69, 9.17) is 9.90 Å². The zero-order valence-electron chi connectivity index (χ0n) is 27.5. The second-order valence-corrected chi connectivity index (χ2v) is 21.5. The molecule has 1 radical (unpaired) electrons. The third kappa shape index (κ3) is 7.00. The van der Waals surface area contributed by atoms with Gasteiger partial charge in [0.05, 0.1) is 11.8 Å². The van der Waals surface area contributed by atoms with Crippen LogP contribution in [0.4, 0.5) is 4.39 Å². The Labute approximate surface area is 262 Å². The summed E-state index contributed by atoms with van der Waals surface area (Å²) in [6.45, 7) is 1.57. The molecule has 41 heavy (non-hydrogen) atoms. The normalized spacial score (nSPS) is 13.3. The SMILES string of the molecule is [2H]C(C)(C)c1ccnc(-c2[c-]ccc3c2oc2ncc(F)cc23)c1.[2H]C([2H])([2H])c1c[c-]c(-c2cc[c]([Ge]([CH3])([CH3])[CH3])cn2)cc1.[Ir]. The van der Waals surface area contributed by atoms with Crippen LogP contribution in [0.1, 0.15) is 36.4 Å². The van der Waals surface area contributed by atoms with Gasteiger partial charge in [-0.05, 0) is 23.7 Å². The molecule has 0 saturated heterocycles. The van der Waals surface area contributed by atoms with E-state index in [9.17, 15) is 4.39 Å². The van der Waals surface area contributed by atoms with Crippen LogP contribution in [0.15, 0.2) is 83.7 Å². The Morgan fingerprint density at radius 3 is 2.41 bits per heavy atom. The van der Waals surface area contributed by atoms with Crippen molar-refractivity contribution >= 4 is 39.7 Å². The van der Waals surface area contributed by atoms with E-state index in [2.05, 4.69) is 50.4 Å². The average molecular weight is 786 g/mol. The summed E-state index contributed by atoms with van der Waals surface area (Å²) in [5.74, 6) is 5.84. The number of furan rings is 1. The van der Waals surface area contributed by atoms with Gasteiger partial charge in [-0.15, -0.1) is 18.2 Å². The number of halogens is 1. The quantitative estimate of drug-likeness (QED) is 0.133. The van der Waals surface area contributed by atoms with Gasteiger partial charge >= 0.3 is 110 Å². The van der Waals surface area contributed by atoms with Crippen LogP contribution >= 0.6 is 0 Å².